The van der Waals surface area contributed by atoms with Crippen LogP contribution in [0.15, 0.2) is 47.4 Å². The van der Waals surface area contributed by atoms with Crippen molar-refractivity contribution in [3.8, 4) is 16.9 Å². The summed E-state index contributed by atoms with van der Waals surface area (Å²) in [4.78, 5) is 15.0. The van der Waals surface area contributed by atoms with Gasteiger partial charge in [-0.05, 0) is 49.7 Å². The van der Waals surface area contributed by atoms with E-state index in [9.17, 15) is 13.2 Å². The number of likely N-dealkylation sites (tertiary alicyclic amines) is 1. The van der Waals surface area contributed by atoms with Crippen LogP contribution < -0.4 is 10.1 Å². The zero-order valence-electron chi connectivity index (χ0n) is 17.4. The van der Waals surface area contributed by atoms with Gasteiger partial charge < -0.3 is 10.1 Å². The van der Waals surface area contributed by atoms with Gasteiger partial charge in [-0.25, -0.2) is 8.42 Å². The van der Waals surface area contributed by atoms with Crippen molar-refractivity contribution in [3.05, 3.63) is 48.0 Å². The van der Waals surface area contributed by atoms with Crippen LogP contribution in [0.2, 0.25) is 0 Å². The van der Waals surface area contributed by atoms with Crippen molar-refractivity contribution in [1.82, 2.24) is 10.2 Å². The lowest BCUT2D eigenvalue weighted by Gasteiger charge is -2.31. The number of amides is 1. The molecule has 160 valence electrons. The number of carbonyl (C=O) groups excluding carboxylic acids is 1. The lowest BCUT2D eigenvalue weighted by molar-refractivity contribution is -0.127. The minimum atomic E-state index is -3.23. The monoisotopic (exact) mass is 428 g/mol. The molecule has 2 atom stereocenters. The van der Waals surface area contributed by atoms with Gasteiger partial charge in [0.1, 0.15) is 11.9 Å². The Labute approximate surface area is 178 Å². The molecule has 2 aliphatic heterocycles. The third-order valence-electron chi connectivity index (χ3n) is 6.00. The first-order valence-electron chi connectivity index (χ1n) is 10.4. The standard InChI is InChI=1S/C23H28N2O4S/c1-25-13-4-3-8-21(25)23(26)24-15-18-14-17-6-5-7-20(22(17)29-18)16-9-11-19(12-10-16)30(2,27)28/h5-7,9-12,18,21H,3-4,8,13-15H2,1-2H3,(H,24,26)/t18-,21+/m1/s1. The Hall–Kier alpha value is -2.38. The Bertz CT molecular complexity index is 1030. The molecule has 0 unspecified atom stereocenters. The maximum atomic E-state index is 12.6. The highest BCUT2D eigenvalue weighted by atomic mass is 32.2. The Morgan fingerprint density at radius 2 is 1.93 bits per heavy atom. The molecular weight excluding hydrogens is 400 g/mol. The normalized spacial score (nSPS) is 21.7. The predicted octanol–water partition coefficient (Wildman–Crippen LogP) is 2.66. The van der Waals surface area contributed by atoms with Crippen LogP contribution in [0.5, 0.6) is 5.75 Å². The highest BCUT2D eigenvalue weighted by Crippen LogP contribution is 2.39. The summed E-state index contributed by atoms with van der Waals surface area (Å²) in [6, 6.07) is 12.8. The molecule has 2 aliphatic rings. The summed E-state index contributed by atoms with van der Waals surface area (Å²) in [5.74, 6) is 0.895. The second-order valence-corrected chi connectivity index (χ2v) is 10.3. The third-order valence-corrected chi connectivity index (χ3v) is 7.13. The molecule has 7 heteroatoms. The van der Waals surface area contributed by atoms with Crippen LogP contribution in [-0.4, -0.2) is 57.8 Å². The van der Waals surface area contributed by atoms with Crippen molar-refractivity contribution in [2.75, 3.05) is 26.4 Å². The van der Waals surface area contributed by atoms with Gasteiger partial charge in [0.15, 0.2) is 9.84 Å². The van der Waals surface area contributed by atoms with Gasteiger partial charge in [0.05, 0.1) is 17.5 Å². The average molecular weight is 429 g/mol. The number of hydrogen-bond acceptors (Lipinski definition) is 5. The number of carbonyl (C=O) groups is 1. The molecule has 1 N–H and O–H groups in total. The number of hydrogen-bond donors (Lipinski definition) is 1. The average Bonchev–Trinajstić information content (AvgIpc) is 3.15. The molecule has 0 aromatic heterocycles. The molecule has 2 aromatic rings. The van der Waals surface area contributed by atoms with Gasteiger partial charge in [0.2, 0.25) is 5.91 Å². The number of sulfone groups is 1. The van der Waals surface area contributed by atoms with Crippen LogP contribution >= 0.6 is 0 Å². The van der Waals surface area contributed by atoms with Crippen molar-refractivity contribution in [2.24, 2.45) is 0 Å². The summed E-state index contributed by atoms with van der Waals surface area (Å²) in [6.45, 7) is 1.44. The molecule has 1 fully saturated rings. The van der Waals surface area contributed by atoms with Crippen LogP contribution in [0.25, 0.3) is 11.1 Å². The summed E-state index contributed by atoms with van der Waals surface area (Å²) < 4.78 is 29.6. The molecule has 0 aliphatic carbocycles. The smallest absolute Gasteiger partial charge is 0.237 e. The van der Waals surface area contributed by atoms with E-state index in [0.717, 1.165) is 54.7 Å². The SMILES string of the molecule is CN1CCCC[C@H]1C(=O)NC[C@H]1Cc2cccc(-c3ccc(S(C)(=O)=O)cc3)c2O1. The van der Waals surface area contributed by atoms with Gasteiger partial charge in [-0.15, -0.1) is 0 Å². The maximum absolute atomic E-state index is 12.6. The lowest BCUT2D eigenvalue weighted by Crippen LogP contribution is -2.49. The van der Waals surface area contributed by atoms with E-state index in [-0.39, 0.29) is 18.1 Å². The second kappa shape index (κ2) is 8.40. The van der Waals surface area contributed by atoms with Crippen molar-refractivity contribution in [1.29, 1.82) is 0 Å². The van der Waals surface area contributed by atoms with Crippen molar-refractivity contribution >= 4 is 15.7 Å². The molecule has 0 bridgehead atoms. The van der Waals surface area contributed by atoms with E-state index in [1.807, 2.05) is 37.4 Å². The number of ether oxygens (including phenoxy) is 1. The van der Waals surface area contributed by atoms with Crippen LogP contribution in [0.4, 0.5) is 0 Å². The summed E-state index contributed by atoms with van der Waals surface area (Å²) in [7, 11) is -1.22. The number of likely N-dealkylation sites (N-methyl/N-ethyl adjacent to an activating group) is 1. The van der Waals surface area contributed by atoms with Gasteiger partial charge in [0.25, 0.3) is 0 Å². The van der Waals surface area contributed by atoms with Gasteiger partial charge in [-0.1, -0.05) is 36.8 Å². The zero-order chi connectivity index (χ0) is 21.3. The number of fused-ring (bicyclic) bond motifs is 1. The van der Waals surface area contributed by atoms with E-state index in [2.05, 4.69) is 10.2 Å². The molecule has 30 heavy (non-hydrogen) atoms. The first kappa shape index (κ1) is 20.9. The number of nitrogens with one attached hydrogen (secondary N) is 1. The topological polar surface area (TPSA) is 75.7 Å². The molecule has 2 heterocycles. The maximum Gasteiger partial charge on any atom is 0.237 e. The fourth-order valence-electron chi connectivity index (χ4n) is 4.30. The fourth-order valence-corrected chi connectivity index (χ4v) is 4.93. The Balaban J connectivity index is 1.44. The van der Waals surface area contributed by atoms with Crippen LogP contribution in [0, 0.1) is 0 Å². The summed E-state index contributed by atoms with van der Waals surface area (Å²) in [6.07, 6.45) is 4.99. The molecule has 1 amide bonds. The fraction of sp³-hybridized carbons (Fsp3) is 0.435. The van der Waals surface area contributed by atoms with Crippen LogP contribution in [0.1, 0.15) is 24.8 Å². The minimum Gasteiger partial charge on any atom is -0.487 e. The first-order valence-corrected chi connectivity index (χ1v) is 12.3. The van der Waals surface area contributed by atoms with Crippen molar-refractivity contribution in [2.45, 2.75) is 42.7 Å². The molecule has 0 spiro atoms. The van der Waals surface area contributed by atoms with Crippen LogP contribution in [-0.2, 0) is 21.1 Å². The van der Waals surface area contributed by atoms with E-state index >= 15 is 0 Å². The Kier molecular flexibility index (Phi) is 5.84. The van der Waals surface area contributed by atoms with E-state index < -0.39 is 9.84 Å². The predicted molar refractivity (Wildman–Crippen MR) is 116 cm³/mol. The molecule has 0 radical (unpaired) electrons. The number of benzene rings is 2. The lowest BCUT2D eigenvalue weighted by atomic mass is 10.0. The second-order valence-electron chi connectivity index (χ2n) is 8.27. The molecular formula is C23H28N2O4S. The quantitative estimate of drug-likeness (QED) is 0.792. The molecule has 6 nitrogen and oxygen atoms in total. The summed E-state index contributed by atoms with van der Waals surface area (Å²) in [5, 5.41) is 3.07. The highest BCUT2D eigenvalue weighted by molar-refractivity contribution is 7.90. The number of rotatable bonds is 5. The summed E-state index contributed by atoms with van der Waals surface area (Å²) >= 11 is 0. The van der Waals surface area contributed by atoms with Crippen molar-refractivity contribution in [3.63, 3.8) is 0 Å². The summed E-state index contributed by atoms with van der Waals surface area (Å²) in [5.41, 5.74) is 2.95. The third kappa shape index (κ3) is 4.37. The minimum absolute atomic E-state index is 0.0496. The molecule has 4 rings (SSSR count). The van der Waals surface area contributed by atoms with E-state index in [4.69, 9.17) is 4.74 Å². The number of para-hydroxylation sites is 1. The van der Waals surface area contributed by atoms with E-state index in [1.54, 1.807) is 12.1 Å². The van der Waals surface area contributed by atoms with E-state index in [1.165, 1.54) is 6.26 Å². The molecule has 0 saturated carbocycles. The molecule has 2 aromatic carbocycles. The first-order chi connectivity index (χ1) is 14.3. The highest BCUT2D eigenvalue weighted by Gasteiger charge is 2.29. The largest absolute Gasteiger partial charge is 0.487 e. The van der Waals surface area contributed by atoms with Gasteiger partial charge >= 0.3 is 0 Å². The van der Waals surface area contributed by atoms with Gasteiger partial charge in [0, 0.05) is 18.2 Å². The Morgan fingerprint density at radius 1 is 1.17 bits per heavy atom. The molecule has 1 saturated heterocycles. The Morgan fingerprint density at radius 3 is 2.63 bits per heavy atom. The van der Waals surface area contributed by atoms with E-state index in [0.29, 0.717) is 11.4 Å². The number of piperidine rings is 1. The number of nitrogens with zero attached hydrogens (tertiary/aromatic N) is 1. The van der Waals surface area contributed by atoms with Crippen molar-refractivity contribution < 1.29 is 17.9 Å². The van der Waals surface area contributed by atoms with Gasteiger partial charge in [-0.2, -0.15) is 0 Å². The van der Waals surface area contributed by atoms with Gasteiger partial charge in [-0.3, -0.25) is 9.69 Å². The van der Waals surface area contributed by atoms with Crippen LogP contribution in [0.3, 0.4) is 0 Å². The zero-order valence-corrected chi connectivity index (χ0v) is 18.2.